The number of fused-ring (bicyclic) bond motifs is 1. The van der Waals surface area contributed by atoms with E-state index in [0.717, 1.165) is 49.1 Å². The molecule has 0 aromatic heterocycles. The molecule has 1 saturated heterocycles. The summed E-state index contributed by atoms with van der Waals surface area (Å²) in [5, 5.41) is 0. The van der Waals surface area contributed by atoms with E-state index in [-0.39, 0.29) is 5.91 Å². The van der Waals surface area contributed by atoms with Crippen molar-refractivity contribution in [2.75, 3.05) is 45.1 Å². The van der Waals surface area contributed by atoms with Crippen LogP contribution in [-0.4, -0.2) is 56.0 Å². The maximum Gasteiger partial charge on any atom is 0.233 e. The molecule has 27 heavy (non-hydrogen) atoms. The van der Waals surface area contributed by atoms with E-state index in [0.29, 0.717) is 19.0 Å². The Morgan fingerprint density at radius 2 is 1.74 bits per heavy atom. The minimum Gasteiger partial charge on any atom is -0.486 e. The molecule has 0 aliphatic carbocycles. The lowest BCUT2D eigenvalue weighted by Crippen LogP contribution is -3.13. The number of quaternary nitrogens is 1. The molecule has 2 heterocycles. The van der Waals surface area contributed by atoms with E-state index in [2.05, 4.69) is 30.3 Å². The van der Waals surface area contributed by atoms with E-state index in [9.17, 15) is 4.79 Å². The van der Waals surface area contributed by atoms with Gasteiger partial charge >= 0.3 is 0 Å². The van der Waals surface area contributed by atoms with Crippen molar-refractivity contribution >= 4 is 17.7 Å². The minimum atomic E-state index is 0.216. The number of hydrogen-bond donors (Lipinski definition) is 1. The van der Waals surface area contributed by atoms with Gasteiger partial charge in [0.05, 0.1) is 31.9 Å². The fourth-order valence-electron chi connectivity index (χ4n) is 3.48. The molecule has 2 aromatic carbocycles. The van der Waals surface area contributed by atoms with E-state index in [4.69, 9.17) is 9.47 Å². The van der Waals surface area contributed by atoms with Crippen LogP contribution in [-0.2, 0) is 11.3 Å². The first-order valence-corrected chi connectivity index (χ1v) is 10.4. The highest BCUT2D eigenvalue weighted by Gasteiger charge is 2.23. The minimum absolute atomic E-state index is 0.216. The number of carbonyl (C=O) groups excluding carboxylic acids is 1. The highest BCUT2D eigenvalue weighted by molar-refractivity contribution is 8.00. The Labute approximate surface area is 164 Å². The first-order valence-electron chi connectivity index (χ1n) is 9.46. The van der Waals surface area contributed by atoms with E-state index in [1.54, 1.807) is 16.7 Å². The molecule has 5 nitrogen and oxygen atoms in total. The molecule has 2 aliphatic heterocycles. The monoisotopic (exact) mass is 385 g/mol. The fraction of sp³-hybridized carbons (Fsp3) is 0.381. The lowest BCUT2D eigenvalue weighted by molar-refractivity contribution is -0.917. The summed E-state index contributed by atoms with van der Waals surface area (Å²) in [6, 6.07) is 16.5. The van der Waals surface area contributed by atoms with Gasteiger partial charge < -0.3 is 19.3 Å². The van der Waals surface area contributed by atoms with Crippen LogP contribution in [0.2, 0.25) is 0 Å². The third-order valence-corrected chi connectivity index (χ3v) is 5.97. The van der Waals surface area contributed by atoms with Crippen molar-refractivity contribution in [1.82, 2.24) is 4.90 Å². The summed E-state index contributed by atoms with van der Waals surface area (Å²) < 4.78 is 11.2. The molecule has 1 fully saturated rings. The van der Waals surface area contributed by atoms with E-state index in [1.807, 2.05) is 23.1 Å². The van der Waals surface area contributed by atoms with Gasteiger partial charge in [-0.1, -0.05) is 30.3 Å². The summed E-state index contributed by atoms with van der Waals surface area (Å²) in [4.78, 5) is 17.2. The van der Waals surface area contributed by atoms with Gasteiger partial charge in [0.15, 0.2) is 11.5 Å². The smallest absolute Gasteiger partial charge is 0.233 e. The Hall–Kier alpha value is -2.18. The molecule has 1 amide bonds. The summed E-state index contributed by atoms with van der Waals surface area (Å²) in [5.74, 6) is 2.24. The van der Waals surface area contributed by atoms with Gasteiger partial charge in [-0.15, -0.1) is 11.8 Å². The van der Waals surface area contributed by atoms with Gasteiger partial charge in [-0.25, -0.2) is 0 Å². The summed E-state index contributed by atoms with van der Waals surface area (Å²) in [5.41, 5.74) is 1.36. The van der Waals surface area contributed by atoms with Crippen molar-refractivity contribution in [2.45, 2.75) is 11.4 Å². The van der Waals surface area contributed by atoms with Crippen LogP contribution in [0.25, 0.3) is 0 Å². The summed E-state index contributed by atoms with van der Waals surface area (Å²) in [6.45, 7) is 5.90. The lowest BCUT2D eigenvalue weighted by atomic mass is 10.2. The molecule has 2 aliphatic rings. The van der Waals surface area contributed by atoms with Gasteiger partial charge in [0.2, 0.25) is 5.91 Å². The molecule has 2 aromatic rings. The van der Waals surface area contributed by atoms with Crippen molar-refractivity contribution in [3.05, 3.63) is 54.1 Å². The number of thioether (sulfide) groups is 1. The van der Waals surface area contributed by atoms with E-state index >= 15 is 0 Å². The van der Waals surface area contributed by atoms with Crippen molar-refractivity contribution in [2.24, 2.45) is 0 Å². The third-order valence-electron chi connectivity index (χ3n) is 5.00. The third kappa shape index (κ3) is 4.76. The van der Waals surface area contributed by atoms with Crippen LogP contribution in [0.4, 0.5) is 0 Å². The van der Waals surface area contributed by atoms with Crippen molar-refractivity contribution in [3.8, 4) is 11.5 Å². The van der Waals surface area contributed by atoms with E-state index < -0.39 is 0 Å². The largest absolute Gasteiger partial charge is 0.486 e. The predicted octanol–water partition coefficient (Wildman–Crippen LogP) is 1.48. The average Bonchev–Trinajstić information content (AvgIpc) is 2.73. The number of rotatable bonds is 5. The maximum atomic E-state index is 12.6. The van der Waals surface area contributed by atoms with Gasteiger partial charge in [-0.3, -0.25) is 4.79 Å². The summed E-state index contributed by atoms with van der Waals surface area (Å²) in [6.07, 6.45) is 0. The SMILES string of the molecule is O=C(CSc1ccc2c(c1)OCCO2)N1CC[NH+](Cc2ccccc2)CC1. The molecule has 0 saturated carbocycles. The maximum absolute atomic E-state index is 12.6. The highest BCUT2D eigenvalue weighted by atomic mass is 32.2. The quantitative estimate of drug-likeness (QED) is 0.792. The molecule has 0 radical (unpaired) electrons. The first kappa shape index (κ1) is 18.2. The average molecular weight is 386 g/mol. The molecule has 0 bridgehead atoms. The second-order valence-electron chi connectivity index (χ2n) is 6.89. The van der Waals surface area contributed by atoms with Gasteiger partial charge in [0.25, 0.3) is 0 Å². The van der Waals surface area contributed by atoms with Crippen molar-refractivity contribution in [1.29, 1.82) is 0 Å². The lowest BCUT2D eigenvalue weighted by Gasteiger charge is -2.32. The van der Waals surface area contributed by atoms with Gasteiger partial charge in [-0.2, -0.15) is 0 Å². The molecule has 0 unspecified atom stereocenters. The Balaban J connectivity index is 1.24. The number of ether oxygens (including phenoxy) is 2. The van der Waals surface area contributed by atoms with Gasteiger partial charge in [-0.05, 0) is 18.2 Å². The zero-order chi connectivity index (χ0) is 18.5. The van der Waals surface area contributed by atoms with E-state index in [1.165, 1.54) is 5.56 Å². The Bertz CT molecular complexity index is 776. The molecule has 6 heteroatoms. The number of nitrogens with zero attached hydrogens (tertiary/aromatic N) is 1. The Morgan fingerprint density at radius 3 is 2.52 bits per heavy atom. The first-order chi connectivity index (χ1) is 13.3. The fourth-order valence-corrected chi connectivity index (χ4v) is 4.31. The summed E-state index contributed by atoms with van der Waals surface area (Å²) in [7, 11) is 0. The second-order valence-corrected chi connectivity index (χ2v) is 7.94. The molecular weight excluding hydrogens is 360 g/mol. The number of hydrogen-bond acceptors (Lipinski definition) is 4. The van der Waals surface area contributed by atoms with Crippen LogP contribution in [0.5, 0.6) is 11.5 Å². The van der Waals surface area contributed by atoms with Crippen LogP contribution in [0.3, 0.4) is 0 Å². The summed E-state index contributed by atoms with van der Waals surface area (Å²) >= 11 is 1.56. The molecule has 0 spiro atoms. The van der Waals surface area contributed by atoms with Crippen LogP contribution in [0.15, 0.2) is 53.4 Å². The van der Waals surface area contributed by atoms with Crippen molar-refractivity contribution < 1.29 is 19.2 Å². The number of piperazine rings is 1. The number of amides is 1. The molecular formula is C21H25N2O3S+. The zero-order valence-corrected chi connectivity index (χ0v) is 16.2. The predicted molar refractivity (Wildman–Crippen MR) is 106 cm³/mol. The van der Waals surface area contributed by atoms with Gasteiger partial charge in [0.1, 0.15) is 19.8 Å². The number of nitrogens with one attached hydrogen (secondary N) is 1. The van der Waals surface area contributed by atoms with Crippen LogP contribution in [0, 0.1) is 0 Å². The van der Waals surface area contributed by atoms with Crippen LogP contribution >= 0.6 is 11.8 Å². The zero-order valence-electron chi connectivity index (χ0n) is 15.4. The molecule has 1 N–H and O–H groups in total. The Morgan fingerprint density at radius 1 is 1.00 bits per heavy atom. The van der Waals surface area contributed by atoms with Crippen molar-refractivity contribution in [3.63, 3.8) is 0 Å². The standard InChI is InChI=1S/C21H24N2O3S/c24-21(16-27-18-6-7-19-20(14-18)26-13-12-25-19)23-10-8-22(9-11-23)15-17-4-2-1-3-5-17/h1-7,14H,8-13,15-16H2/p+1. The molecule has 0 atom stereocenters. The van der Waals surface area contributed by atoms with Crippen LogP contribution < -0.4 is 14.4 Å². The van der Waals surface area contributed by atoms with Gasteiger partial charge in [0, 0.05) is 10.5 Å². The topological polar surface area (TPSA) is 43.2 Å². The molecule has 4 rings (SSSR count). The second kappa shape index (κ2) is 8.67. The van der Waals surface area contributed by atoms with Crippen LogP contribution in [0.1, 0.15) is 5.56 Å². The Kier molecular flexibility index (Phi) is 5.84. The number of benzene rings is 2. The number of carbonyl (C=O) groups is 1. The highest BCUT2D eigenvalue weighted by Crippen LogP contribution is 2.34. The molecule has 142 valence electrons. The normalized spacial score (nSPS) is 17.0.